The fraction of sp³-hybridized carbons (Fsp3) is 0.314. The Balaban J connectivity index is 1.29. The number of halogens is 2. The quantitative estimate of drug-likeness (QED) is 0.184. The standard InChI is InChI=1S/C35H36F2N8O5S/c1-22(33-42-30(18-51-33)25-9-7-24(15-38)8-10-25)35(48,28-14-27(36)11-12-29(28)37)19-45-21-44(20-41-45)23(2)50-34(47)43(4)32-26(6-5-13-40-32)17-49-31(46)16-39-3/h5-14,18,20,22-23,39,48H,16-17,19,21H2,1-4H3/t22-,23?,35+/m0/s1. The molecule has 51 heavy (non-hydrogen) atoms. The second kappa shape index (κ2) is 16.0. The number of amides is 1. The van der Waals surface area contributed by atoms with Gasteiger partial charge in [0.2, 0.25) is 0 Å². The molecular formula is C35H36F2N8O5S. The van der Waals surface area contributed by atoms with Gasteiger partial charge in [0, 0.05) is 41.2 Å². The Bertz CT molecular complexity index is 1940. The molecule has 0 radical (unpaired) electrons. The molecule has 0 spiro atoms. The molecule has 16 heteroatoms. The van der Waals surface area contributed by atoms with Crippen molar-refractivity contribution in [3.8, 4) is 17.3 Å². The molecule has 0 fully saturated rings. The summed E-state index contributed by atoms with van der Waals surface area (Å²) < 4.78 is 40.8. The summed E-state index contributed by atoms with van der Waals surface area (Å²) in [4.78, 5) is 36.8. The summed E-state index contributed by atoms with van der Waals surface area (Å²) in [6.07, 6.45) is 1.32. The van der Waals surface area contributed by atoms with E-state index in [0.29, 0.717) is 21.8 Å². The molecule has 5 rings (SSSR count). The third kappa shape index (κ3) is 8.46. The summed E-state index contributed by atoms with van der Waals surface area (Å²) in [6, 6.07) is 15.2. The predicted octanol–water partition coefficient (Wildman–Crippen LogP) is 4.75. The number of aliphatic hydroxyl groups is 1. The Morgan fingerprint density at radius 2 is 1.96 bits per heavy atom. The van der Waals surface area contributed by atoms with Crippen molar-refractivity contribution >= 4 is 35.6 Å². The smallest absolute Gasteiger partial charge is 0.417 e. The lowest BCUT2D eigenvalue weighted by atomic mass is 9.81. The van der Waals surface area contributed by atoms with Crippen molar-refractivity contribution in [1.82, 2.24) is 25.2 Å². The summed E-state index contributed by atoms with van der Waals surface area (Å²) in [6.45, 7) is 3.00. The summed E-state index contributed by atoms with van der Waals surface area (Å²) in [5.74, 6) is -2.58. The van der Waals surface area contributed by atoms with E-state index >= 15 is 4.39 Å². The van der Waals surface area contributed by atoms with Crippen LogP contribution in [0.2, 0.25) is 0 Å². The van der Waals surface area contributed by atoms with Crippen LogP contribution in [0.15, 0.2) is 71.3 Å². The second-order valence-electron chi connectivity index (χ2n) is 11.8. The monoisotopic (exact) mass is 718 g/mol. The number of benzene rings is 2. The SMILES string of the molecule is CNCC(=O)OCc1cccnc1N(C)C(=O)OC(C)N1C=NN(C[C@](O)(c2cc(F)ccc2F)[C@@H](C)c2nc(-c3ccc(C#N)cc3)cs2)C1. The highest BCUT2D eigenvalue weighted by Crippen LogP contribution is 2.41. The van der Waals surface area contributed by atoms with Gasteiger partial charge in [-0.15, -0.1) is 11.3 Å². The van der Waals surface area contributed by atoms with Crippen molar-refractivity contribution in [2.24, 2.45) is 5.10 Å². The van der Waals surface area contributed by atoms with Crippen LogP contribution in [0.25, 0.3) is 11.3 Å². The molecular weight excluding hydrogens is 682 g/mol. The Morgan fingerprint density at radius 1 is 1.20 bits per heavy atom. The number of anilines is 1. The van der Waals surface area contributed by atoms with Gasteiger partial charge in [-0.2, -0.15) is 10.4 Å². The van der Waals surface area contributed by atoms with Gasteiger partial charge in [0.1, 0.15) is 42.7 Å². The number of nitrogens with one attached hydrogen (secondary N) is 1. The van der Waals surface area contributed by atoms with Gasteiger partial charge in [0.25, 0.3) is 0 Å². The van der Waals surface area contributed by atoms with E-state index in [-0.39, 0.29) is 37.7 Å². The first-order chi connectivity index (χ1) is 24.4. The third-order valence-corrected chi connectivity index (χ3v) is 9.36. The molecule has 13 nitrogen and oxygen atoms in total. The minimum atomic E-state index is -2.01. The number of carbonyl (C=O) groups excluding carboxylic acids is 2. The average molecular weight is 719 g/mol. The lowest BCUT2D eigenvalue weighted by molar-refractivity contribution is -0.143. The van der Waals surface area contributed by atoms with Crippen LogP contribution in [0, 0.1) is 23.0 Å². The first-order valence-corrected chi connectivity index (χ1v) is 16.7. The molecule has 2 aromatic heterocycles. The number of carbonyl (C=O) groups is 2. The van der Waals surface area contributed by atoms with E-state index in [2.05, 4.69) is 21.5 Å². The highest BCUT2D eigenvalue weighted by molar-refractivity contribution is 7.10. The zero-order chi connectivity index (χ0) is 36.7. The molecule has 1 aliphatic rings. The summed E-state index contributed by atoms with van der Waals surface area (Å²) in [5, 5.41) is 32.2. The van der Waals surface area contributed by atoms with Crippen molar-refractivity contribution in [3.05, 3.63) is 99.5 Å². The van der Waals surface area contributed by atoms with Crippen molar-refractivity contribution < 1.29 is 33.0 Å². The molecule has 0 bridgehead atoms. The van der Waals surface area contributed by atoms with Gasteiger partial charge in [-0.3, -0.25) is 14.7 Å². The maximum atomic E-state index is 15.3. The van der Waals surface area contributed by atoms with Crippen molar-refractivity contribution in [2.45, 2.75) is 38.2 Å². The fourth-order valence-electron chi connectivity index (χ4n) is 5.38. The molecule has 266 valence electrons. The highest BCUT2D eigenvalue weighted by Gasteiger charge is 2.43. The fourth-order valence-corrected chi connectivity index (χ4v) is 6.35. The van der Waals surface area contributed by atoms with Gasteiger partial charge in [-0.25, -0.2) is 23.5 Å². The number of esters is 1. The maximum absolute atomic E-state index is 15.3. The van der Waals surface area contributed by atoms with E-state index in [1.807, 2.05) is 0 Å². The topological polar surface area (TPSA) is 157 Å². The van der Waals surface area contributed by atoms with Crippen molar-refractivity contribution in [2.75, 3.05) is 38.8 Å². The van der Waals surface area contributed by atoms with Gasteiger partial charge in [0.15, 0.2) is 6.23 Å². The lowest BCUT2D eigenvalue weighted by Gasteiger charge is -2.37. The Labute approximate surface area is 297 Å². The van der Waals surface area contributed by atoms with Crippen LogP contribution in [-0.2, 0) is 26.5 Å². The van der Waals surface area contributed by atoms with E-state index in [1.54, 1.807) is 67.6 Å². The molecule has 0 saturated heterocycles. The molecule has 1 amide bonds. The number of hydrogen-bond donors (Lipinski definition) is 2. The highest BCUT2D eigenvalue weighted by atomic mass is 32.1. The van der Waals surface area contributed by atoms with Crippen LogP contribution in [0.5, 0.6) is 0 Å². The summed E-state index contributed by atoms with van der Waals surface area (Å²) >= 11 is 1.26. The van der Waals surface area contributed by atoms with E-state index < -0.39 is 41.4 Å². The molecule has 3 heterocycles. The van der Waals surface area contributed by atoms with Crippen LogP contribution in [0.1, 0.15) is 41.5 Å². The van der Waals surface area contributed by atoms with Crippen molar-refractivity contribution in [3.63, 3.8) is 0 Å². The molecule has 1 aliphatic heterocycles. The number of hydrogen-bond acceptors (Lipinski definition) is 13. The van der Waals surface area contributed by atoms with E-state index in [0.717, 1.165) is 23.8 Å². The molecule has 3 atom stereocenters. The third-order valence-electron chi connectivity index (χ3n) is 8.33. The molecule has 0 saturated carbocycles. The van der Waals surface area contributed by atoms with Gasteiger partial charge in [-0.1, -0.05) is 25.1 Å². The Hall–Kier alpha value is -5.50. The number of nitriles is 1. The second-order valence-corrected chi connectivity index (χ2v) is 12.7. The number of nitrogens with zero attached hydrogens (tertiary/aromatic N) is 7. The number of pyridine rings is 1. The summed E-state index contributed by atoms with van der Waals surface area (Å²) in [5.41, 5.74) is 0.0773. The molecule has 2 N–H and O–H groups in total. The first kappa shape index (κ1) is 36.8. The van der Waals surface area contributed by atoms with Crippen molar-refractivity contribution in [1.29, 1.82) is 5.26 Å². The number of rotatable bonds is 13. The largest absolute Gasteiger partial charge is 0.460 e. The molecule has 2 aromatic carbocycles. The van der Waals surface area contributed by atoms with Crippen LogP contribution in [0.4, 0.5) is 19.4 Å². The minimum absolute atomic E-state index is 0.0264. The predicted molar refractivity (Wildman–Crippen MR) is 185 cm³/mol. The summed E-state index contributed by atoms with van der Waals surface area (Å²) in [7, 11) is 3.09. The molecule has 0 aliphatic carbocycles. The zero-order valence-corrected chi connectivity index (χ0v) is 29.1. The van der Waals surface area contributed by atoms with Crippen LogP contribution in [-0.4, -0.2) is 83.5 Å². The van der Waals surface area contributed by atoms with Crippen LogP contribution < -0.4 is 10.2 Å². The average Bonchev–Trinajstić information content (AvgIpc) is 3.82. The molecule has 1 unspecified atom stereocenters. The van der Waals surface area contributed by atoms with E-state index in [9.17, 15) is 19.1 Å². The number of β-amino-alcohol motifs (C(OH)–C–C–N with tert-alkyl or cyclic N) is 1. The van der Waals surface area contributed by atoms with Crippen LogP contribution >= 0.6 is 11.3 Å². The van der Waals surface area contributed by atoms with Crippen LogP contribution in [0.3, 0.4) is 0 Å². The van der Waals surface area contributed by atoms with Gasteiger partial charge >= 0.3 is 12.1 Å². The number of likely N-dealkylation sites (N-methyl/N-ethyl adjacent to an activating group) is 1. The minimum Gasteiger partial charge on any atom is -0.460 e. The Morgan fingerprint density at radius 3 is 2.69 bits per heavy atom. The number of ether oxygens (including phenoxy) is 2. The van der Waals surface area contributed by atoms with Gasteiger partial charge in [0.05, 0.1) is 35.4 Å². The van der Waals surface area contributed by atoms with Gasteiger partial charge < -0.3 is 24.8 Å². The normalized spacial score (nSPS) is 14.8. The molecule has 4 aromatic rings. The number of thiazole rings is 1. The van der Waals surface area contributed by atoms with E-state index in [4.69, 9.17) is 19.7 Å². The Kier molecular flexibility index (Phi) is 11.6. The first-order valence-electron chi connectivity index (χ1n) is 15.8. The number of aromatic nitrogens is 2. The van der Waals surface area contributed by atoms with E-state index in [1.165, 1.54) is 40.8 Å². The van der Waals surface area contributed by atoms with Gasteiger partial charge in [-0.05, 0) is 50.4 Å². The maximum Gasteiger partial charge on any atom is 0.417 e. The lowest BCUT2D eigenvalue weighted by Crippen LogP contribution is -2.46. The zero-order valence-electron chi connectivity index (χ0n) is 28.3. The number of hydrazone groups is 1.